The number of nitrogens with zero attached hydrogens (tertiary/aromatic N) is 6. The maximum atomic E-state index is 4.19. The van der Waals surface area contributed by atoms with Gasteiger partial charge in [0.25, 0.3) is 0 Å². The van der Waals surface area contributed by atoms with Crippen molar-refractivity contribution in [2.75, 3.05) is 0 Å². The molecule has 0 aliphatic heterocycles. The van der Waals surface area contributed by atoms with E-state index >= 15 is 0 Å². The minimum atomic E-state index is 0.753. The second kappa shape index (κ2) is 2.88. The van der Waals surface area contributed by atoms with Gasteiger partial charge in [0.15, 0.2) is 0 Å². The van der Waals surface area contributed by atoms with E-state index in [2.05, 4.69) is 20.4 Å². The van der Waals surface area contributed by atoms with Crippen LogP contribution < -0.4 is 0 Å². The smallest absolute Gasteiger partial charge is 0.207 e. The molecule has 0 aromatic carbocycles. The third kappa shape index (κ3) is 1.11. The fourth-order valence-electron chi connectivity index (χ4n) is 1.52. The number of rotatable bonds is 1. The van der Waals surface area contributed by atoms with Crippen LogP contribution in [0.5, 0.6) is 0 Å². The first-order valence-electron chi connectivity index (χ1n) is 4.50. The molecule has 3 heterocycles. The number of aryl methyl sites for hydroxylation is 1. The Hall–Kier alpha value is -2.24. The van der Waals surface area contributed by atoms with Crippen molar-refractivity contribution in [3.63, 3.8) is 0 Å². The maximum absolute atomic E-state index is 4.19. The molecule has 3 aromatic heterocycles. The van der Waals surface area contributed by atoms with Crippen LogP contribution in [-0.4, -0.2) is 29.8 Å². The summed E-state index contributed by atoms with van der Waals surface area (Å²) in [5, 5.41) is 12.1. The summed E-state index contributed by atoms with van der Waals surface area (Å²) in [5.41, 5.74) is 2.76. The average molecular weight is 200 g/mol. The minimum Gasteiger partial charge on any atom is -0.265 e. The zero-order valence-corrected chi connectivity index (χ0v) is 8.07. The van der Waals surface area contributed by atoms with E-state index in [4.69, 9.17) is 0 Å². The molecule has 0 amide bonds. The van der Waals surface area contributed by atoms with Gasteiger partial charge in [-0.05, 0) is 22.9 Å². The Balaban J connectivity index is 2.28. The molecule has 0 bridgehead atoms. The summed E-state index contributed by atoms with van der Waals surface area (Å²) in [5.74, 6) is 0. The van der Waals surface area contributed by atoms with Crippen LogP contribution in [0.4, 0.5) is 0 Å². The van der Waals surface area contributed by atoms with Crippen molar-refractivity contribution in [2.24, 2.45) is 7.05 Å². The molecule has 0 N–H and O–H groups in total. The molecule has 0 aliphatic rings. The number of tetrazole rings is 1. The molecule has 0 atom stereocenters. The SMILES string of the molecule is Cn1nnc2c(-c3ccncc3)cnn21. The van der Waals surface area contributed by atoms with E-state index in [0.29, 0.717) is 0 Å². The van der Waals surface area contributed by atoms with E-state index in [9.17, 15) is 0 Å². The van der Waals surface area contributed by atoms with Crippen molar-refractivity contribution in [3.8, 4) is 11.1 Å². The maximum Gasteiger partial charge on any atom is 0.207 e. The van der Waals surface area contributed by atoms with E-state index in [1.54, 1.807) is 35.1 Å². The van der Waals surface area contributed by atoms with Gasteiger partial charge in [-0.3, -0.25) is 4.98 Å². The zero-order chi connectivity index (χ0) is 10.3. The number of pyridine rings is 1. The summed E-state index contributed by atoms with van der Waals surface area (Å²) in [6.45, 7) is 0. The molecule has 0 unspecified atom stereocenters. The van der Waals surface area contributed by atoms with Crippen LogP contribution in [0.15, 0.2) is 30.7 Å². The summed E-state index contributed by atoms with van der Waals surface area (Å²) in [6.07, 6.45) is 5.27. The highest BCUT2D eigenvalue weighted by molar-refractivity contribution is 5.75. The van der Waals surface area contributed by atoms with Gasteiger partial charge in [-0.2, -0.15) is 9.90 Å². The summed E-state index contributed by atoms with van der Waals surface area (Å²) in [4.78, 5) is 5.56. The molecular weight excluding hydrogens is 192 g/mol. The molecular formula is C9H8N6. The van der Waals surface area contributed by atoms with Crippen molar-refractivity contribution < 1.29 is 0 Å². The van der Waals surface area contributed by atoms with Crippen LogP contribution in [0.2, 0.25) is 0 Å². The highest BCUT2D eigenvalue weighted by Gasteiger charge is 2.10. The topological polar surface area (TPSA) is 60.9 Å². The number of hydrogen-bond acceptors (Lipinski definition) is 4. The fraction of sp³-hybridized carbons (Fsp3) is 0.111. The van der Waals surface area contributed by atoms with E-state index in [1.807, 2.05) is 12.1 Å². The highest BCUT2D eigenvalue weighted by Crippen LogP contribution is 2.21. The molecule has 0 spiro atoms. The van der Waals surface area contributed by atoms with Crippen LogP contribution in [0.3, 0.4) is 0 Å². The Labute approximate surface area is 85.1 Å². The second-order valence-electron chi connectivity index (χ2n) is 3.19. The molecule has 74 valence electrons. The average Bonchev–Trinajstić information content (AvgIpc) is 2.83. The van der Waals surface area contributed by atoms with Gasteiger partial charge in [-0.1, -0.05) is 0 Å². The zero-order valence-electron chi connectivity index (χ0n) is 8.07. The van der Waals surface area contributed by atoms with Crippen molar-refractivity contribution in [1.29, 1.82) is 0 Å². The minimum absolute atomic E-state index is 0.753. The van der Waals surface area contributed by atoms with Gasteiger partial charge in [0.1, 0.15) is 0 Å². The molecule has 6 nitrogen and oxygen atoms in total. The lowest BCUT2D eigenvalue weighted by atomic mass is 10.1. The lowest BCUT2D eigenvalue weighted by molar-refractivity contribution is 0.544. The van der Waals surface area contributed by atoms with E-state index in [0.717, 1.165) is 16.8 Å². The third-order valence-electron chi connectivity index (χ3n) is 2.26. The van der Waals surface area contributed by atoms with Gasteiger partial charge in [0.2, 0.25) is 5.65 Å². The predicted octanol–water partition coefficient (Wildman–Crippen LogP) is 0.525. The van der Waals surface area contributed by atoms with E-state index in [-0.39, 0.29) is 0 Å². The quantitative estimate of drug-likeness (QED) is 0.574. The Kier molecular flexibility index (Phi) is 1.55. The van der Waals surface area contributed by atoms with E-state index < -0.39 is 0 Å². The lowest BCUT2D eigenvalue weighted by Crippen LogP contribution is -2.01. The third-order valence-corrected chi connectivity index (χ3v) is 2.26. The van der Waals surface area contributed by atoms with Crippen molar-refractivity contribution in [3.05, 3.63) is 30.7 Å². The first-order chi connectivity index (χ1) is 7.36. The van der Waals surface area contributed by atoms with E-state index in [1.165, 1.54) is 0 Å². The van der Waals surface area contributed by atoms with Crippen LogP contribution >= 0.6 is 0 Å². The van der Waals surface area contributed by atoms with Crippen molar-refractivity contribution in [1.82, 2.24) is 29.8 Å². The number of fused-ring (bicyclic) bond motifs is 1. The molecule has 0 saturated carbocycles. The van der Waals surface area contributed by atoms with Crippen LogP contribution in [0.25, 0.3) is 16.8 Å². The number of aromatic nitrogens is 6. The first kappa shape index (κ1) is 8.10. The van der Waals surface area contributed by atoms with Crippen molar-refractivity contribution in [2.45, 2.75) is 0 Å². The van der Waals surface area contributed by atoms with Gasteiger partial charge in [-0.15, -0.1) is 9.73 Å². The predicted molar refractivity (Wildman–Crippen MR) is 53.0 cm³/mol. The molecule has 3 rings (SSSR count). The summed E-state index contributed by atoms with van der Waals surface area (Å²) in [7, 11) is 1.79. The molecule has 3 aromatic rings. The fourth-order valence-corrected chi connectivity index (χ4v) is 1.52. The van der Waals surface area contributed by atoms with Gasteiger partial charge in [0.05, 0.1) is 18.8 Å². The van der Waals surface area contributed by atoms with Crippen LogP contribution in [0, 0.1) is 0 Å². The molecule has 0 aliphatic carbocycles. The van der Waals surface area contributed by atoms with Crippen molar-refractivity contribution >= 4 is 5.65 Å². The molecule has 15 heavy (non-hydrogen) atoms. The lowest BCUT2D eigenvalue weighted by Gasteiger charge is -1.93. The van der Waals surface area contributed by atoms with Gasteiger partial charge < -0.3 is 0 Å². The van der Waals surface area contributed by atoms with Crippen LogP contribution in [-0.2, 0) is 7.05 Å². The molecule has 0 fully saturated rings. The summed E-state index contributed by atoms with van der Waals surface area (Å²) < 4.78 is 1.65. The molecule has 0 saturated heterocycles. The highest BCUT2D eigenvalue weighted by atomic mass is 15.7. The Morgan fingerprint density at radius 1 is 1.20 bits per heavy atom. The Morgan fingerprint density at radius 2 is 2.00 bits per heavy atom. The van der Waals surface area contributed by atoms with Gasteiger partial charge in [0, 0.05) is 12.4 Å². The monoisotopic (exact) mass is 200 g/mol. The normalized spacial score (nSPS) is 11.0. The molecule has 6 heteroatoms. The Morgan fingerprint density at radius 3 is 2.80 bits per heavy atom. The summed E-state index contributed by atoms with van der Waals surface area (Å²) >= 11 is 0. The Bertz CT molecular complexity index is 593. The first-order valence-corrected chi connectivity index (χ1v) is 4.50. The second-order valence-corrected chi connectivity index (χ2v) is 3.19. The number of hydrogen-bond donors (Lipinski definition) is 0. The molecule has 0 radical (unpaired) electrons. The van der Waals surface area contributed by atoms with Gasteiger partial charge in [-0.25, -0.2) is 0 Å². The standard InChI is InChI=1S/C9H8N6/c1-14-13-12-9-8(6-11-15(9)14)7-2-4-10-5-3-7/h2-6H,1H3. The largest absolute Gasteiger partial charge is 0.265 e. The van der Waals surface area contributed by atoms with Gasteiger partial charge >= 0.3 is 0 Å². The summed E-state index contributed by atoms with van der Waals surface area (Å²) in [6, 6.07) is 3.84. The van der Waals surface area contributed by atoms with Crippen LogP contribution in [0.1, 0.15) is 0 Å².